The molecule has 0 aromatic heterocycles. The van der Waals surface area contributed by atoms with E-state index < -0.39 is 0 Å². The molecule has 0 N–H and O–H groups in total. The van der Waals surface area contributed by atoms with Gasteiger partial charge in [-0.1, -0.05) is 109 Å². The molecule has 34 heavy (non-hydrogen) atoms. The van der Waals surface area contributed by atoms with Gasteiger partial charge in [0.25, 0.3) is 0 Å². The molecule has 1 unspecified atom stereocenters. The fourth-order valence-electron chi connectivity index (χ4n) is 4.82. The number of rotatable bonds is 8. The highest BCUT2D eigenvalue weighted by atomic mass is 16.7. The minimum atomic E-state index is -0.258. The summed E-state index contributed by atoms with van der Waals surface area (Å²) >= 11 is 0. The molecule has 188 valence electrons. The minimum Gasteiger partial charge on any atom is -0.465 e. The summed E-state index contributed by atoms with van der Waals surface area (Å²) in [5, 5.41) is 0. The van der Waals surface area contributed by atoms with Crippen molar-refractivity contribution in [1.82, 2.24) is 0 Å². The SMILES string of the molecule is C/C=C(\C)c1ccc(OC(CC2(C(C)(C)C)CCCCC2)OCc2ccccc2)cc1.CCC. The Bertz CT molecular complexity index is 837. The average Bonchev–Trinajstić information content (AvgIpc) is 2.83. The van der Waals surface area contributed by atoms with Crippen LogP contribution < -0.4 is 4.74 Å². The van der Waals surface area contributed by atoms with E-state index in [4.69, 9.17) is 9.47 Å². The van der Waals surface area contributed by atoms with Gasteiger partial charge in [-0.2, -0.15) is 0 Å². The monoisotopic (exact) mass is 464 g/mol. The first kappa shape index (κ1) is 28.2. The van der Waals surface area contributed by atoms with Gasteiger partial charge in [0.1, 0.15) is 5.75 Å². The van der Waals surface area contributed by atoms with E-state index in [1.165, 1.54) is 55.2 Å². The molecule has 1 aliphatic carbocycles. The molecule has 0 saturated heterocycles. The first-order valence-electron chi connectivity index (χ1n) is 13.3. The van der Waals surface area contributed by atoms with E-state index in [-0.39, 0.29) is 17.1 Å². The van der Waals surface area contributed by atoms with Crippen LogP contribution in [-0.4, -0.2) is 6.29 Å². The van der Waals surface area contributed by atoms with Crippen LogP contribution in [-0.2, 0) is 11.3 Å². The van der Waals surface area contributed by atoms with E-state index in [0.29, 0.717) is 6.61 Å². The molecule has 1 saturated carbocycles. The summed E-state index contributed by atoms with van der Waals surface area (Å²) in [6, 6.07) is 18.8. The molecule has 0 amide bonds. The molecule has 1 aliphatic rings. The molecule has 0 heterocycles. The highest BCUT2D eigenvalue weighted by Gasteiger charge is 2.44. The lowest BCUT2D eigenvalue weighted by Crippen LogP contribution is -2.42. The van der Waals surface area contributed by atoms with Gasteiger partial charge in [0.15, 0.2) is 0 Å². The topological polar surface area (TPSA) is 18.5 Å². The van der Waals surface area contributed by atoms with Crippen molar-refractivity contribution >= 4 is 5.57 Å². The average molecular weight is 465 g/mol. The zero-order valence-electron chi connectivity index (χ0n) is 22.8. The van der Waals surface area contributed by atoms with Crippen molar-refractivity contribution in [2.75, 3.05) is 0 Å². The van der Waals surface area contributed by atoms with Crippen LogP contribution in [0.2, 0.25) is 0 Å². The zero-order valence-corrected chi connectivity index (χ0v) is 22.8. The predicted octanol–water partition coefficient (Wildman–Crippen LogP) is 9.83. The Labute approximate surface area is 209 Å². The third-order valence-corrected chi connectivity index (χ3v) is 7.25. The maximum atomic E-state index is 6.49. The summed E-state index contributed by atoms with van der Waals surface area (Å²) in [5.74, 6) is 0.880. The van der Waals surface area contributed by atoms with Crippen LogP contribution in [0.25, 0.3) is 5.57 Å². The molecule has 1 atom stereocenters. The van der Waals surface area contributed by atoms with Crippen molar-refractivity contribution in [3.8, 4) is 5.75 Å². The van der Waals surface area contributed by atoms with Gasteiger partial charge in [0.2, 0.25) is 6.29 Å². The molecule has 0 aliphatic heterocycles. The predicted molar refractivity (Wildman–Crippen MR) is 147 cm³/mol. The maximum Gasteiger partial charge on any atom is 0.200 e. The van der Waals surface area contributed by atoms with Gasteiger partial charge in [-0.25, -0.2) is 0 Å². The van der Waals surface area contributed by atoms with E-state index in [9.17, 15) is 0 Å². The molecule has 3 rings (SSSR count). The summed E-state index contributed by atoms with van der Waals surface area (Å²) in [5.41, 5.74) is 4.16. The van der Waals surface area contributed by atoms with Crippen molar-refractivity contribution in [1.29, 1.82) is 0 Å². The number of allylic oxidation sites excluding steroid dienone is 2. The lowest BCUT2D eigenvalue weighted by Gasteiger charge is -2.49. The molecular weight excluding hydrogens is 416 g/mol. The fourth-order valence-corrected chi connectivity index (χ4v) is 4.82. The van der Waals surface area contributed by atoms with Gasteiger partial charge in [0.05, 0.1) is 6.61 Å². The van der Waals surface area contributed by atoms with Crippen LogP contribution in [0.5, 0.6) is 5.75 Å². The fraction of sp³-hybridized carbons (Fsp3) is 0.562. The molecule has 0 bridgehead atoms. The van der Waals surface area contributed by atoms with Gasteiger partial charge in [-0.3, -0.25) is 0 Å². The van der Waals surface area contributed by atoms with Crippen LogP contribution >= 0.6 is 0 Å². The molecule has 2 heteroatoms. The molecule has 1 fully saturated rings. The van der Waals surface area contributed by atoms with Crippen LogP contribution in [0.15, 0.2) is 60.7 Å². The zero-order chi connectivity index (χ0) is 25.0. The van der Waals surface area contributed by atoms with E-state index in [2.05, 4.69) is 103 Å². The van der Waals surface area contributed by atoms with Gasteiger partial charge < -0.3 is 9.47 Å². The number of hydrogen-bond donors (Lipinski definition) is 0. The first-order valence-corrected chi connectivity index (χ1v) is 13.3. The van der Waals surface area contributed by atoms with Gasteiger partial charge in [-0.05, 0) is 66.4 Å². The van der Waals surface area contributed by atoms with Crippen LogP contribution in [0.1, 0.15) is 105 Å². The van der Waals surface area contributed by atoms with E-state index in [0.717, 1.165) is 12.2 Å². The third-order valence-electron chi connectivity index (χ3n) is 7.25. The summed E-state index contributed by atoms with van der Waals surface area (Å²) in [6.07, 6.45) is 10.5. The Morgan fingerprint density at radius 2 is 1.53 bits per heavy atom. The van der Waals surface area contributed by atoms with E-state index in [1.54, 1.807) is 0 Å². The third kappa shape index (κ3) is 8.31. The van der Waals surface area contributed by atoms with E-state index in [1.807, 2.05) is 6.07 Å². The van der Waals surface area contributed by atoms with Crippen molar-refractivity contribution in [3.05, 3.63) is 71.8 Å². The summed E-state index contributed by atoms with van der Waals surface area (Å²) < 4.78 is 12.9. The van der Waals surface area contributed by atoms with Crippen LogP contribution in [0, 0.1) is 10.8 Å². The van der Waals surface area contributed by atoms with Crippen molar-refractivity contribution < 1.29 is 9.47 Å². The Morgan fingerprint density at radius 3 is 2.06 bits per heavy atom. The van der Waals surface area contributed by atoms with Gasteiger partial charge in [0, 0.05) is 6.42 Å². The Kier molecular flexibility index (Phi) is 11.4. The quantitative estimate of drug-likeness (QED) is 0.362. The van der Waals surface area contributed by atoms with E-state index >= 15 is 0 Å². The standard InChI is InChI=1S/C29H40O2.C3H8/c1-6-23(2)25-15-17-26(18-16-25)31-27(30-22-24-13-9-7-10-14-24)21-29(28(3,4)5)19-11-8-12-20-29;1-3-2/h6-7,9-10,13-18,27H,8,11-12,19-22H2,1-5H3;3H2,1-2H3/b23-6+;. The molecule has 2 aromatic carbocycles. The number of ether oxygens (including phenoxy) is 2. The highest BCUT2D eigenvalue weighted by molar-refractivity contribution is 5.63. The second-order valence-electron chi connectivity index (χ2n) is 10.8. The largest absolute Gasteiger partial charge is 0.465 e. The molecule has 2 nitrogen and oxygen atoms in total. The lowest BCUT2D eigenvalue weighted by atomic mass is 9.57. The van der Waals surface area contributed by atoms with Gasteiger partial charge in [-0.15, -0.1) is 0 Å². The smallest absolute Gasteiger partial charge is 0.200 e. The summed E-state index contributed by atoms with van der Waals surface area (Å²) in [7, 11) is 0. The Morgan fingerprint density at radius 1 is 0.941 bits per heavy atom. The van der Waals surface area contributed by atoms with Crippen molar-refractivity contribution in [2.24, 2.45) is 10.8 Å². The lowest BCUT2D eigenvalue weighted by molar-refractivity contribution is -0.136. The second kappa shape index (κ2) is 13.7. The summed E-state index contributed by atoms with van der Waals surface area (Å²) in [6.45, 7) is 16.2. The molecule has 0 spiro atoms. The molecule has 2 aromatic rings. The summed E-state index contributed by atoms with van der Waals surface area (Å²) in [4.78, 5) is 0. The van der Waals surface area contributed by atoms with Crippen molar-refractivity contribution in [2.45, 2.75) is 106 Å². The van der Waals surface area contributed by atoms with Crippen LogP contribution in [0.3, 0.4) is 0 Å². The van der Waals surface area contributed by atoms with Gasteiger partial charge >= 0.3 is 0 Å². The molecular formula is C32H48O2. The Hall–Kier alpha value is -2.06. The Balaban J connectivity index is 0.00000129. The van der Waals surface area contributed by atoms with Crippen molar-refractivity contribution in [3.63, 3.8) is 0 Å². The second-order valence-corrected chi connectivity index (χ2v) is 10.8. The normalized spacial score (nSPS) is 16.9. The minimum absolute atomic E-state index is 0.220. The maximum absolute atomic E-state index is 6.49. The highest BCUT2D eigenvalue weighted by Crippen LogP contribution is 2.53. The number of benzene rings is 2. The molecule has 0 radical (unpaired) electrons. The first-order chi connectivity index (χ1) is 16.2. The number of hydrogen-bond acceptors (Lipinski definition) is 2. The van der Waals surface area contributed by atoms with Crippen LogP contribution in [0.4, 0.5) is 0 Å².